The van der Waals surface area contributed by atoms with E-state index in [2.05, 4.69) is 9.47 Å². The van der Waals surface area contributed by atoms with Gasteiger partial charge in [0.05, 0.1) is 33.0 Å². The summed E-state index contributed by atoms with van der Waals surface area (Å²) in [5, 5.41) is 11.4. The van der Waals surface area contributed by atoms with Crippen LogP contribution in [0.4, 0.5) is 0 Å². The summed E-state index contributed by atoms with van der Waals surface area (Å²) in [6.07, 6.45) is -0.198. The molecule has 0 fully saturated rings. The van der Waals surface area contributed by atoms with Crippen molar-refractivity contribution in [1.29, 1.82) is 0 Å². The second kappa shape index (κ2) is 8.76. The fourth-order valence-electron chi connectivity index (χ4n) is 2.26. The molecule has 0 N–H and O–H groups in total. The lowest BCUT2D eigenvalue weighted by atomic mass is 9.86. The first-order valence-corrected chi connectivity index (χ1v) is 6.81. The minimum atomic E-state index is -1.07. The van der Waals surface area contributed by atoms with E-state index in [1.807, 2.05) is 0 Å². The molecule has 7 nitrogen and oxygen atoms in total. The number of carbonyl (C=O) groups excluding carboxylic acids is 2. The predicted octanol–water partition coefficient (Wildman–Crippen LogP) is 1.93. The van der Waals surface area contributed by atoms with E-state index in [1.165, 1.54) is 14.2 Å². The van der Waals surface area contributed by atoms with Crippen molar-refractivity contribution in [3.63, 3.8) is 0 Å². The fourth-order valence-corrected chi connectivity index (χ4v) is 2.26. The number of methoxy groups -OCH3 is 2. The highest BCUT2D eigenvalue weighted by atomic mass is 16.6. The van der Waals surface area contributed by atoms with Gasteiger partial charge in [-0.1, -0.05) is 30.3 Å². The normalized spacial score (nSPS) is 13.0. The molecule has 0 amide bonds. The van der Waals surface area contributed by atoms with Gasteiger partial charge in [0.2, 0.25) is 6.04 Å². The summed E-state index contributed by atoms with van der Waals surface area (Å²) < 4.78 is 9.14. The SMILES string of the molecule is COC(=O)CCC(C(CC(=O)OC)c1ccccc1)[N+](=O)[O-]. The fraction of sp³-hybridized carbons (Fsp3) is 0.467. The van der Waals surface area contributed by atoms with Gasteiger partial charge in [0.25, 0.3) is 0 Å². The molecule has 0 aliphatic heterocycles. The minimum Gasteiger partial charge on any atom is -0.469 e. The second-order valence-corrected chi connectivity index (χ2v) is 4.76. The van der Waals surface area contributed by atoms with E-state index >= 15 is 0 Å². The first-order chi connectivity index (χ1) is 10.5. The summed E-state index contributed by atoms with van der Waals surface area (Å²) >= 11 is 0. The maximum Gasteiger partial charge on any atom is 0.306 e. The lowest BCUT2D eigenvalue weighted by molar-refractivity contribution is -0.527. The van der Waals surface area contributed by atoms with Crippen LogP contribution in [-0.4, -0.2) is 37.1 Å². The Morgan fingerprint density at radius 3 is 2.23 bits per heavy atom. The molecule has 0 bridgehead atoms. The zero-order valence-electron chi connectivity index (χ0n) is 12.6. The van der Waals surface area contributed by atoms with Crippen molar-refractivity contribution in [2.75, 3.05) is 14.2 Å². The molecule has 2 atom stereocenters. The van der Waals surface area contributed by atoms with Crippen LogP contribution >= 0.6 is 0 Å². The first-order valence-electron chi connectivity index (χ1n) is 6.81. The molecule has 0 saturated carbocycles. The summed E-state index contributed by atoms with van der Waals surface area (Å²) in [6.45, 7) is 0. The molecular weight excluding hydrogens is 290 g/mol. The molecule has 1 aromatic rings. The number of benzene rings is 1. The molecule has 0 aliphatic carbocycles. The Labute approximate surface area is 128 Å². The zero-order chi connectivity index (χ0) is 16.5. The molecule has 0 saturated heterocycles. The van der Waals surface area contributed by atoms with Gasteiger partial charge in [0.15, 0.2) is 0 Å². The van der Waals surface area contributed by atoms with Crippen LogP contribution in [0, 0.1) is 10.1 Å². The number of nitro groups is 1. The average Bonchev–Trinajstić information content (AvgIpc) is 2.53. The van der Waals surface area contributed by atoms with E-state index in [-0.39, 0.29) is 19.3 Å². The van der Waals surface area contributed by atoms with Crippen molar-refractivity contribution < 1.29 is 24.0 Å². The molecule has 0 radical (unpaired) electrons. The molecule has 1 rings (SSSR count). The average molecular weight is 309 g/mol. The van der Waals surface area contributed by atoms with Crippen molar-refractivity contribution in [1.82, 2.24) is 0 Å². The zero-order valence-corrected chi connectivity index (χ0v) is 12.6. The lowest BCUT2D eigenvalue weighted by Crippen LogP contribution is -2.30. The first kappa shape index (κ1) is 17.6. The van der Waals surface area contributed by atoms with Gasteiger partial charge in [-0.05, 0) is 5.56 Å². The number of hydrogen-bond acceptors (Lipinski definition) is 6. The van der Waals surface area contributed by atoms with Crippen molar-refractivity contribution in [3.8, 4) is 0 Å². The summed E-state index contributed by atoms with van der Waals surface area (Å²) in [7, 11) is 2.46. The van der Waals surface area contributed by atoms with E-state index in [1.54, 1.807) is 30.3 Å². The Kier molecular flexibility index (Phi) is 7.01. The summed E-state index contributed by atoms with van der Waals surface area (Å²) in [6, 6.07) is 7.66. The van der Waals surface area contributed by atoms with Crippen molar-refractivity contribution in [2.24, 2.45) is 0 Å². The van der Waals surface area contributed by atoms with Crippen LogP contribution in [0.5, 0.6) is 0 Å². The van der Waals surface area contributed by atoms with Crippen LogP contribution in [0.3, 0.4) is 0 Å². The van der Waals surface area contributed by atoms with Gasteiger partial charge in [-0.15, -0.1) is 0 Å². The van der Waals surface area contributed by atoms with Crippen LogP contribution < -0.4 is 0 Å². The highest BCUT2D eigenvalue weighted by Gasteiger charge is 2.35. The molecule has 0 spiro atoms. The van der Waals surface area contributed by atoms with Gasteiger partial charge in [-0.3, -0.25) is 19.7 Å². The van der Waals surface area contributed by atoms with Gasteiger partial charge in [-0.25, -0.2) is 0 Å². The number of rotatable bonds is 8. The van der Waals surface area contributed by atoms with E-state index in [4.69, 9.17) is 0 Å². The quantitative estimate of drug-likeness (QED) is 0.413. The third kappa shape index (κ3) is 5.16. The summed E-state index contributed by atoms with van der Waals surface area (Å²) in [5.74, 6) is -1.70. The number of nitrogens with zero attached hydrogens (tertiary/aromatic N) is 1. The van der Waals surface area contributed by atoms with Crippen molar-refractivity contribution >= 4 is 11.9 Å². The van der Waals surface area contributed by atoms with Crippen LogP contribution in [0.2, 0.25) is 0 Å². The van der Waals surface area contributed by atoms with E-state index < -0.39 is 28.8 Å². The van der Waals surface area contributed by atoms with Gasteiger partial charge < -0.3 is 9.47 Å². The van der Waals surface area contributed by atoms with Gasteiger partial charge in [0.1, 0.15) is 0 Å². The number of carbonyl (C=O) groups is 2. The molecule has 1 aromatic carbocycles. The largest absolute Gasteiger partial charge is 0.469 e. The number of hydrogen-bond donors (Lipinski definition) is 0. The molecule has 0 heterocycles. The highest BCUT2D eigenvalue weighted by Crippen LogP contribution is 2.28. The minimum absolute atomic E-state index is 0.00374. The Bertz CT molecular complexity index is 516. The van der Waals surface area contributed by atoms with Gasteiger partial charge in [-0.2, -0.15) is 0 Å². The summed E-state index contributed by atoms with van der Waals surface area (Å²) in [5.41, 5.74) is 0.666. The van der Waals surface area contributed by atoms with Gasteiger partial charge >= 0.3 is 11.9 Å². The van der Waals surface area contributed by atoms with Crippen molar-refractivity contribution in [2.45, 2.75) is 31.2 Å². The number of esters is 2. The molecule has 7 heteroatoms. The second-order valence-electron chi connectivity index (χ2n) is 4.76. The highest BCUT2D eigenvalue weighted by molar-refractivity contribution is 5.71. The topological polar surface area (TPSA) is 95.7 Å². The van der Waals surface area contributed by atoms with Crippen LogP contribution in [0.1, 0.15) is 30.7 Å². The maximum absolute atomic E-state index is 11.6. The Morgan fingerprint density at radius 1 is 1.14 bits per heavy atom. The third-order valence-corrected chi connectivity index (χ3v) is 3.45. The Balaban J connectivity index is 3.00. The molecule has 0 aliphatic rings. The van der Waals surface area contributed by atoms with Crippen LogP contribution in [-0.2, 0) is 19.1 Å². The monoisotopic (exact) mass is 309 g/mol. The standard InChI is InChI=1S/C15H19NO6/c1-21-14(17)9-8-13(16(19)20)12(10-15(18)22-2)11-6-4-3-5-7-11/h3-7,12-13H,8-10H2,1-2H3. The number of ether oxygens (including phenoxy) is 2. The maximum atomic E-state index is 11.6. The molecule has 2 unspecified atom stereocenters. The van der Waals surface area contributed by atoms with E-state index in [0.29, 0.717) is 5.56 Å². The molecule has 22 heavy (non-hydrogen) atoms. The van der Waals surface area contributed by atoms with E-state index in [9.17, 15) is 19.7 Å². The third-order valence-electron chi connectivity index (χ3n) is 3.45. The molecule has 0 aromatic heterocycles. The molecule has 120 valence electrons. The Hall–Kier alpha value is -2.44. The lowest BCUT2D eigenvalue weighted by Gasteiger charge is -2.20. The smallest absolute Gasteiger partial charge is 0.306 e. The van der Waals surface area contributed by atoms with Crippen LogP contribution in [0.25, 0.3) is 0 Å². The van der Waals surface area contributed by atoms with Crippen molar-refractivity contribution in [3.05, 3.63) is 46.0 Å². The van der Waals surface area contributed by atoms with E-state index in [0.717, 1.165) is 0 Å². The van der Waals surface area contributed by atoms with Crippen LogP contribution in [0.15, 0.2) is 30.3 Å². The summed E-state index contributed by atoms with van der Waals surface area (Å²) in [4.78, 5) is 33.8. The van der Waals surface area contributed by atoms with Gasteiger partial charge in [0, 0.05) is 11.3 Å². The molecular formula is C15H19NO6. The predicted molar refractivity (Wildman–Crippen MR) is 77.8 cm³/mol. The Morgan fingerprint density at radius 2 is 1.73 bits per heavy atom.